The summed E-state index contributed by atoms with van der Waals surface area (Å²) < 4.78 is 0. The van der Waals surface area contributed by atoms with Gasteiger partial charge in [0.1, 0.15) is 0 Å². The number of hydrogen-bond acceptors (Lipinski definition) is 2. The molecular formula is C10H19NO2. The van der Waals surface area contributed by atoms with Crippen molar-refractivity contribution in [3.8, 4) is 0 Å². The Morgan fingerprint density at radius 1 is 1.62 bits per heavy atom. The van der Waals surface area contributed by atoms with Gasteiger partial charge in [-0.1, -0.05) is 6.92 Å². The lowest BCUT2D eigenvalue weighted by molar-refractivity contribution is -0.137. The first kappa shape index (κ1) is 10.5. The Morgan fingerprint density at radius 3 is 2.69 bits per heavy atom. The second-order valence-electron chi connectivity index (χ2n) is 4.53. The maximum absolute atomic E-state index is 10.3. The molecule has 0 spiro atoms. The van der Waals surface area contributed by atoms with E-state index < -0.39 is 5.97 Å². The van der Waals surface area contributed by atoms with Gasteiger partial charge < -0.3 is 10.4 Å². The van der Waals surface area contributed by atoms with E-state index in [2.05, 4.69) is 19.2 Å². The van der Waals surface area contributed by atoms with Gasteiger partial charge in [-0.25, -0.2) is 0 Å². The van der Waals surface area contributed by atoms with Crippen molar-refractivity contribution < 1.29 is 9.90 Å². The molecule has 2 N–H and O–H groups in total. The maximum Gasteiger partial charge on any atom is 0.303 e. The summed E-state index contributed by atoms with van der Waals surface area (Å²) in [6.45, 7) is 5.35. The summed E-state index contributed by atoms with van der Waals surface area (Å²) in [6.07, 6.45) is 3.62. The summed E-state index contributed by atoms with van der Waals surface area (Å²) in [5, 5.41) is 11.9. The molecule has 1 unspecified atom stereocenters. The van der Waals surface area contributed by atoms with Crippen molar-refractivity contribution >= 4 is 5.97 Å². The Morgan fingerprint density at radius 2 is 2.23 bits per heavy atom. The molecule has 1 saturated carbocycles. The van der Waals surface area contributed by atoms with Crippen LogP contribution in [-0.2, 0) is 4.79 Å². The maximum atomic E-state index is 10.3. The minimum absolute atomic E-state index is 0.269. The van der Waals surface area contributed by atoms with Crippen LogP contribution in [0.3, 0.4) is 0 Å². The Balaban J connectivity index is 2.03. The number of aliphatic carboxylic acids is 1. The lowest BCUT2D eigenvalue weighted by atomic mass is 10.1. The second-order valence-corrected chi connectivity index (χ2v) is 4.53. The largest absolute Gasteiger partial charge is 0.481 e. The van der Waals surface area contributed by atoms with Gasteiger partial charge in [0.15, 0.2) is 0 Å². The summed E-state index contributed by atoms with van der Waals surface area (Å²) >= 11 is 0. The summed E-state index contributed by atoms with van der Waals surface area (Å²) in [4.78, 5) is 10.3. The molecule has 0 aromatic heterocycles. The molecule has 0 heterocycles. The van der Waals surface area contributed by atoms with Gasteiger partial charge in [-0.3, -0.25) is 4.79 Å². The fraction of sp³-hybridized carbons (Fsp3) is 0.900. The van der Waals surface area contributed by atoms with Crippen LogP contribution < -0.4 is 5.32 Å². The van der Waals surface area contributed by atoms with E-state index in [-0.39, 0.29) is 6.42 Å². The van der Waals surface area contributed by atoms with Crippen molar-refractivity contribution in [2.75, 3.05) is 6.54 Å². The van der Waals surface area contributed by atoms with Crippen LogP contribution in [0.5, 0.6) is 0 Å². The summed E-state index contributed by atoms with van der Waals surface area (Å²) in [6, 6.07) is 0.327. The van der Waals surface area contributed by atoms with Crippen LogP contribution in [0, 0.1) is 5.41 Å². The van der Waals surface area contributed by atoms with E-state index in [9.17, 15) is 4.79 Å². The van der Waals surface area contributed by atoms with Gasteiger partial charge in [-0.15, -0.1) is 0 Å². The molecule has 0 amide bonds. The van der Waals surface area contributed by atoms with Gasteiger partial charge in [-0.05, 0) is 31.6 Å². The van der Waals surface area contributed by atoms with Crippen molar-refractivity contribution in [3.63, 3.8) is 0 Å². The number of rotatable bonds is 6. The zero-order valence-electron chi connectivity index (χ0n) is 8.47. The van der Waals surface area contributed by atoms with Crippen LogP contribution in [0.1, 0.15) is 39.5 Å². The van der Waals surface area contributed by atoms with E-state index in [0.717, 1.165) is 13.0 Å². The average Bonchev–Trinajstić information content (AvgIpc) is 2.77. The van der Waals surface area contributed by atoms with Crippen molar-refractivity contribution in [1.29, 1.82) is 0 Å². The minimum Gasteiger partial charge on any atom is -0.481 e. The summed E-state index contributed by atoms with van der Waals surface area (Å²) in [5.74, 6) is -0.703. The predicted molar refractivity (Wildman–Crippen MR) is 51.7 cm³/mol. The second kappa shape index (κ2) is 4.09. The highest BCUT2D eigenvalue weighted by Gasteiger charge is 2.36. The van der Waals surface area contributed by atoms with E-state index in [1.165, 1.54) is 12.8 Å². The molecule has 0 aliphatic heterocycles. The Bertz CT molecular complexity index is 187. The topological polar surface area (TPSA) is 49.3 Å². The van der Waals surface area contributed by atoms with Gasteiger partial charge in [0.05, 0.1) is 0 Å². The van der Waals surface area contributed by atoms with Gasteiger partial charge >= 0.3 is 5.97 Å². The highest BCUT2D eigenvalue weighted by Crippen LogP contribution is 2.44. The van der Waals surface area contributed by atoms with Crippen molar-refractivity contribution in [2.24, 2.45) is 5.41 Å². The third kappa shape index (κ3) is 4.27. The first-order chi connectivity index (χ1) is 6.02. The normalized spacial score (nSPS) is 21.1. The van der Waals surface area contributed by atoms with Gasteiger partial charge in [0, 0.05) is 19.0 Å². The van der Waals surface area contributed by atoms with Gasteiger partial charge in [-0.2, -0.15) is 0 Å². The van der Waals surface area contributed by atoms with Crippen LogP contribution in [0.4, 0.5) is 0 Å². The molecule has 0 bridgehead atoms. The highest BCUT2D eigenvalue weighted by molar-refractivity contribution is 5.66. The molecule has 1 aliphatic rings. The van der Waals surface area contributed by atoms with E-state index in [1.54, 1.807) is 0 Å². The summed E-state index contributed by atoms with van der Waals surface area (Å²) in [5.41, 5.74) is 0.511. The fourth-order valence-corrected chi connectivity index (χ4v) is 1.25. The molecule has 3 nitrogen and oxygen atoms in total. The number of carbonyl (C=O) groups is 1. The van der Waals surface area contributed by atoms with Crippen LogP contribution >= 0.6 is 0 Å². The molecule has 3 heteroatoms. The number of nitrogens with one attached hydrogen (secondary N) is 1. The van der Waals surface area contributed by atoms with Crippen LogP contribution in [0.25, 0.3) is 0 Å². The van der Waals surface area contributed by atoms with E-state index in [4.69, 9.17) is 5.11 Å². The quantitative estimate of drug-likeness (QED) is 0.661. The molecule has 76 valence electrons. The Labute approximate surface area is 79.5 Å². The number of hydrogen-bond donors (Lipinski definition) is 2. The Hall–Kier alpha value is -0.570. The smallest absolute Gasteiger partial charge is 0.303 e. The molecule has 1 rings (SSSR count). The van der Waals surface area contributed by atoms with Crippen molar-refractivity contribution in [1.82, 2.24) is 5.32 Å². The average molecular weight is 185 g/mol. The van der Waals surface area contributed by atoms with E-state index in [1.807, 2.05) is 0 Å². The van der Waals surface area contributed by atoms with Gasteiger partial charge in [0.25, 0.3) is 0 Å². The molecular weight excluding hydrogens is 166 g/mol. The predicted octanol–water partition coefficient (Wildman–Crippen LogP) is 1.63. The van der Waals surface area contributed by atoms with E-state index in [0.29, 0.717) is 11.5 Å². The lowest BCUT2D eigenvalue weighted by Gasteiger charge is -2.15. The lowest BCUT2D eigenvalue weighted by Crippen LogP contribution is -2.31. The van der Waals surface area contributed by atoms with Gasteiger partial charge in [0.2, 0.25) is 0 Å². The third-order valence-electron chi connectivity index (χ3n) is 2.77. The first-order valence-electron chi connectivity index (χ1n) is 4.97. The Kier molecular flexibility index (Phi) is 3.31. The molecule has 0 aromatic carbocycles. The van der Waals surface area contributed by atoms with Crippen LogP contribution in [0.15, 0.2) is 0 Å². The van der Waals surface area contributed by atoms with Crippen molar-refractivity contribution in [3.05, 3.63) is 0 Å². The molecule has 0 radical (unpaired) electrons. The third-order valence-corrected chi connectivity index (χ3v) is 2.77. The molecule has 0 aromatic rings. The fourth-order valence-electron chi connectivity index (χ4n) is 1.25. The molecule has 13 heavy (non-hydrogen) atoms. The van der Waals surface area contributed by atoms with Crippen LogP contribution in [-0.4, -0.2) is 23.7 Å². The monoisotopic (exact) mass is 185 g/mol. The molecule has 1 fully saturated rings. The van der Waals surface area contributed by atoms with E-state index >= 15 is 0 Å². The number of carboxylic acids is 1. The first-order valence-corrected chi connectivity index (χ1v) is 4.97. The molecule has 1 aliphatic carbocycles. The number of carboxylic acid groups (broad SMARTS) is 1. The van der Waals surface area contributed by atoms with Crippen molar-refractivity contribution in [2.45, 2.75) is 45.6 Å². The zero-order valence-corrected chi connectivity index (χ0v) is 8.47. The minimum atomic E-state index is -0.703. The standard InChI is InChI=1S/C10H19NO2/c1-8(3-4-9(12)13)11-7-10(2)5-6-10/h8,11H,3-7H2,1-2H3,(H,12,13). The summed E-state index contributed by atoms with van der Waals surface area (Å²) in [7, 11) is 0. The zero-order chi connectivity index (χ0) is 9.90. The molecule has 0 saturated heterocycles. The SMILES string of the molecule is CC(CCC(=O)O)NCC1(C)CC1. The highest BCUT2D eigenvalue weighted by atomic mass is 16.4. The molecule has 1 atom stereocenters. The van der Waals surface area contributed by atoms with Crippen LogP contribution in [0.2, 0.25) is 0 Å².